The summed E-state index contributed by atoms with van der Waals surface area (Å²) in [4.78, 5) is 5.31. The number of hydrogen-bond acceptors (Lipinski definition) is 2. The Morgan fingerprint density at radius 3 is 2.92 bits per heavy atom. The highest BCUT2D eigenvalue weighted by Crippen LogP contribution is 2.15. The largest absolute Gasteiger partial charge is 0.264 e. The second-order valence-corrected chi connectivity index (χ2v) is 3.43. The molecule has 0 amide bonds. The van der Waals surface area contributed by atoms with Crippen molar-refractivity contribution in [3.8, 4) is 0 Å². The van der Waals surface area contributed by atoms with Crippen LogP contribution in [0.4, 0.5) is 0 Å². The van der Waals surface area contributed by atoms with Crippen molar-refractivity contribution in [3.05, 3.63) is 58.9 Å². The number of pyridine rings is 1. The molecular weight excluding hydrogens is 166 g/mol. The molecule has 0 unspecified atom stereocenters. The molecule has 0 aliphatic heterocycles. The van der Waals surface area contributed by atoms with E-state index in [9.17, 15) is 0 Å². The van der Waals surface area contributed by atoms with E-state index in [0.717, 1.165) is 5.56 Å². The number of nitrogens with zero attached hydrogens (tertiary/aromatic N) is 1. The van der Waals surface area contributed by atoms with Crippen LogP contribution in [0.15, 0.2) is 42.0 Å². The molecule has 0 aliphatic rings. The zero-order valence-corrected chi connectivity index (χ0v) is 7.29. The Labute approximate surface area is 75.7 Å². The Morgan fingerprint density at radius 2 is 2.25 bits per heavy atom. The molecule has 0 bridgehead atoms. The summed E-state index contributed by atoms with van der Waals surface area (Å²) in [6.07, 6.45) is 5.77. The Morgan fingerprint density at radius 1 is 1.25 bits per heavy atom. The molecule has 0 atom stereocenters. The van der Waals surface area contributed by atoms with Gasteiger partial charge < -0.3 is 0 Å². The second kappa shape index (κ2) is 3.50. The van der Waals surface area contributed by atoms with Crippen molar-refractivity contribution in [1.82, 2.24) is 4.98 Å². The van der Waals surface area contributed by atoms with E-state index < -0.39 is 0 Å². The van der Waals surface area contributed by atoms with Crippen molar-refractivity contribution in [3.63, 3.8) is 0 Å². The maximum atomic E-state index is 4.04. The van der Waals surface area contributed by atoms with Gasteiger partial charge in [0.25, 0.3) is 0 Å². The van der Waals surface area contributed by atoms with Gasteiger partial charge >= 0.3 is 0 Å². The molecular formula is C10H8NS. The summed E-state index contributed by atoms with van der Waals surface area (Å²) in [6, 6.07) is 8.14. The molecule has 2 heterocycles. The van der Waals surface area contributed by atoms with E-state index in [2.05, 4.69) is 22.9 Å². The molecule has 1 nitrogen and oxygen atoms in total. The predicted octanol–water partition coefficient (Wildman–Crippen LogP) is 2.74. The molecule has 0 saturated heterocycles. The average Bonchev–Trinajstić information content (AvgIpc) is 2.59. The molecule has 0 spiro atoms. The minimum Gasteiger partial charge on any atom is -0.264 e. The zero-order chi connectivity index (χ0) is 8.23. The highest BCUT2D eigenvalue weighted by molar-refractivity contribution is 7.10. The molecule has 2 aromatic heterocycles. The number of aromatic nitrogens is 1. The van der Waals surface area contributed by atoms with Crippen molar-refractivity contribution < 1.29 is 0 Å². The van der Waals surface area contributed by atoms with Crippen LogP contribution in [0.1, 0.15) is 10.4 Å². The predicted molar refractivity (Wildman–Crippen MR) is 51.1 cm³/mol. The molecule has 12 heavy (non-hydrogen) atoms. The summed E-state index contributed by atoms with van der Waals surface area (Å²) >= 11 is 1.73. The highest BCUT2D eigenvalue weighted by atomic mass is 32.1. The molecule has 0 aromatic carbocycles. The van der Waals surface area contributed by atoms with Crippen molar-refractivity contribution in [2.45, 2.75) is 0 Å². The highest BCUT2D eigenvalue weighted by Gasteiger charge is 1.95. The molecule has 59 valence electrons. The summed E-state index contributed by atoms with van der Waals surface area (Å²) in [5, 5.41) is 2.07. The van der Waals surface area contributed by atoms with Gasteiger partial charge in [0.05, 0.1) is 0 Å². The van der Waals surface area contributed by atoms with Gasteiger partial charge in [0.15, 0.2) is 0 Å². The summed E-state index contributed by atoms with van der Waals surface area (Å²) in [7, 11) is 0. The molecule has 0 N–H and O–H groups in total. The lowest BCUT2D eigenvalue weighted by Crippen LogP contribution is -1.81. The van der Waals surface area contributed by atoms with E-state index >= 15 is 0 Å². The fraction of sp³-hybridized carbons (Fsp3) is 0. The summed E-state index contributed by atoms with van der Waals surface area (Å²) in [5.41, 5.74) is 1.15. The van der Waals surface area contributed by atoms with Crippen LogP contribution in [0.25, 0.3) is 0 Å². The Kier molecular flexibility index (Phi) is 2.19. The SMILES string of the molecule is [CH](c1cccnc1)c1cccs1. The minimum atomic E-state index is 1.15. The van der Waals surface area contributed by atoms with Gasteiger partial charge in [0.2, 0.25) is 0 Å². The van der Waals surface area contributed by atoms with Crippen molar-refractivity contribution in [2.75, 3.05) is 0 Å². The Bertz CT molecular complexity index is 326. The molecule has 0 saturated carbocycles. The third-order valence-corrected chi connectivity index (χ3v) is 2.36. The second-order valence-electron chi connectivity index (χ2n) is 2.45. The number of rotatable bonds is 2. The Hall–Kier alpha value is -1.15. The molecule has 0 fully saturated rings. The van der Waals surface area contributed by atoms with Crippen LogP contribution in [0.5, 0.6) is 0 Å². The average molecular weight is 174 g/mol. The van der Waals surface area contributed by atoms with E-state index in [1.165, 1.54) is 4.88 Å². The number of hydrogen-bond donors (Lipinski definition) is 0. The van der Waals surface area contributed by atoms with E-state index in [4.69, 9.17) is 0 Å². The Balaban J connectivity index is 2.15. The third-order valence-electron chi connectivity index (χ3n) is 1.54. The molecule has 2 rings (SSSR count). The van der Waals surface area contributed by atoms with Crippen LogP contribution in [-0.2, 0) is 0 Å². The first kappa shape index (κ1) is 7.50. The van der Waals surface area contributed by atoms with Crippen LogP contribution >= 0.6 is 11.3 Å². The van der Waals surface area contributed by atoms with Crippen molar-refractivity contribution in [1.29, 1.82) is 0 Å². The zero-order valence-electron chi connectivity index (χ0n) is 6.47. The first-order valence-corrected chi connectivity index (χ1v) is 4.61. The maximum absolute atomic E-state index is 4.04. The molecule has 2 heteroatoms. The van der Waals surface area contributed by atoms with Crippen LogP contribution in [0, 0.1) is 6.42 Å². The molecule has 1 radical (unpaired) electrons. The van der Waals surface area contributed by atoms with Gasteiger partial charge in [-0.3, -0.25) is 4.98 Å². The lowest BCUT2D eigenvalue weighted by atomic mass is 10.2. The van der Waals surface area contributed by atoms with E-state index in [0.29, 0.717) is 0 Å². The first-order valence-electron chi connectivity index (χ1n) is 3.73. The summed E-state index contributed by atoms with van der Waals surface area (Å²) in [6.45, 7) is 0. The fourth-order valence-electron chi connectivity index (χ4n) is 0.999. The van der Waals surface area contributed by atoms with Gasteiger partial charge in [-0.1, -0.05) is 12.1 Å². The topological polar surface area (TPSA) is 12.9 Å². The van der Waals surface area contributed by atoms with Gasteiger partial charge in [-0.25, -0.2) is 0 Å². The maximum Gasteiger partial charge on any atom is 0.0316 e. The van der Waals surface area contributed by atoms with Crippen molar-refractivity contribution in [2.24, 2.45) is 0 Å². The smallest absolute Gasteiger partial charge is 0.0316 e. The number of thiophene rings is 1. The third kappa shape index (κ3) is 1.71. The monoisotopic (exact) mass is 174 g/mol. The van der Waals surface area contributed by atoms with E-state index in [1.54, 1.807) is 17.5 Å². The lowest BCUT2D eigenvalue weighted by Gasteiger charge is -1.94. The minimum absolute atomic E-state index is 1.15. The fourth-order valence-corrected chi connectivity index (χ4v) is 1.67. The van der Waals surface area contributed by atoms with Gasteiger partial charge in [0, 0.05) is 23.7 Å². The molecule has 2 aromatic rings. The quantitative estimate of drug-likeness (QED) is 0.682. The van der Waals surface area contributed by atoms with E-state index in [-0.39, 0.29) is 0 Å². The van der Waals surface area contributed by atoms with Gasteiger partial charge in [-0.2, -0.15) is 0 Å². The van der Waals surface area contributed by atoms with Gasteiger partial charge in [-0.15, -0.1) is 11.3 Å². The normalized spacial score (nSPS) is 10.0. The van der Waals surface area contributed by atoms with Crippen molar-refractivity contribution >= 4 is 11.3 Å². The summed E-state index contributed by atoms with van der Waals surface area (Å²) < 4.78 is 0. The standard InChI is InChI=1S/C10H8NS/c1-3-9(8-11-5-1)7-10-4-2-6-12-10/h1-8H. The van der Waals surface area contributed by atoms with Crippen LogP contribution < -0.4 is 0 Å². The van der Waals surface area contributed by atoms with Crippen LogP contribution in [-0.4, -0.2) is 4.98 Å². The van der Waals surface area contributed by atoms with Gasteiger partial charge in [0.1, 0.15) is 0 Å². The summed E-state index contributed by atoms with van der Waals surface area (Å²) in [5.74, 6) is 0. The lowest BCUT2D eigenvalue weighted by molar-refractivity contribution is 1.28. The van der Waals surface area contributed by atoms with Crippen LogP contribution in [0.2, 0.25) is 0 Å². The van der Waals surface area contributed by atoms with Gasteiger partial charge in [-0.05, 0) is 23.1 Å². The molecule has 0 aliphatic carbocycles. The van der Waals surface area contributed by atoms with E-state index in [1.807, 2.05) is 24.4 Å². The first-order chi connectivity index (χ1) is 5.95. The van der Waals surface area contributed by atoms with Crippen LogP contribution in [0.3, 0.4) is 0 Å².